The maximum atomic E-state index is 13.6. The number of aryl methyl sites for hydroxylation is 1. The number of aromatic nitrogens is 2. The number of nitrogens with zero attached hydrogens (tertiary/aromatic N) is 3. The van der Waals surface area contributed by atoms with Crippen molar-refractivity contribution in [1.82, 2.24) is 15.0 Å². The van der Waals surface area contributed by atoms with Crippen molar-refractivity contribution in [3.63, 3.8) is 0 Å². The fraction of sp³-hybridized carbons (Fsp3) is 0.219. The Morgan fingerprint density at radius 2 is 1.71 bits per heavy atom. The second-order valence-electron chi connectivity index (χ2n) is 10.6. The Morgan fingerprint density at radius 3 is 2.38 bits per heavy atom. The van der Waals surface area contributed by atoms with Crippen LogP contribution in [-0.2, 0) is 34.2 Å². The molecule has 9 nitrogen and oxygen atoms in total. The summed E-state index contributed by atoms with van der Waals surface area (Å²) in [7, 11) is -2.27. The van der Waals surface area contributed by atoms with E-state index in [0.29, 0.717) is 41.1 Å². The van der Waals surface area contributed by atoms with Gasteiger partial charge in [0.1, 0.15) is 6.26 Å². The van der Waals surface area contributed by atoms with Crippen LogP contribution in [0.25, 0.3) is 22.6 Å². The van der Waals surface area contributed by atoms with Gasteiger partial charge in [0.25, 0.3) is 10.0 Å². The van der Waals surface area contributed by atoms with Crippen LogP contribution in [0.3, 0.4) is 0 Å². The van der Waals surface area contributed by atoms with Crippen molar-refractivity contribution in [3.05, 3.63) is 107 Å². The first-order valence-corrected chi connectivity index (χ1v) is 15.1. The fourth-order valence-corrected chi connectivity index (χ4v) is 6.75. The molecular weight excluding hydrogens is 552 g/mol. The van der Waals surface area contributed by atoms with Gasteiger partial charge in [0.05, 0.1) is 16.8 Å². The van der Waals surface area contributed by atoms with Crippen LogP contribution < -0.4 is 4.72 Å². The molecule has 214 valence electrons. The summed E-state index contributed by atoms with van der Waals surface area (Å²) >= 11 is 0. The number of rotatable bonds is 8. The lowest BCUT2D eigenvalue weighted by molar-refractivity contribution is -0.134. The van der Waals surface area contributed by atoms with Crippen LogP contribution >= 0.6 is 0 Å². The Morgan fingerprint density at radius 1 is 1.00 bits per heavy atom. The Bertz CT molecular complexity index is 1850. The summed E-state index contributed by atoms with van der Waals surface area (Å²) in [5, 5.41) is 3.86. The van der Waals surface area contributed by atoms with Crippen LogP contribution in [0.4, 0.5) is 5.88 Å². The van der Waals surface area contributed by atoms with E-state index < -0.39 is 10.0 Å². The van der Waals surface area contributed by atoms with Gasteiger partial charge in [-0.05, 0) is 67.1 Å². The molecule has 0 aliphatic heterocycles. The van der Waals surface area contributed by atoms with Crippen LogP contribution in [0.15, 0.2) is 93.0 Å². The molecule has 5 aromatic rings. The third-order valence-corrected chi connectivity index (χ3v) is 9.21. The number of sulfonamides is 1. The summed E-state index contributed by atoms with van der Waals surface area (Å²) < 4.78 is 40.6. The molecule has 0 bridgehead atoms. The first-order chi connectivity index (χ1) is 20.2. The van der Waals surface area contributed by atoms with Crippen LogP contribution in [-0.4, -0.2) is 36.4 Å². The average molecular weight is 583 g/mol. The number of oxazole rings is 1. The lowest BCUT2D eigenvalue weighted by Crippen LogP contribution is -2.33. The molecular formula is C32H30N4O5S. The Balaban J connectivity index is 1.36. The molecule has 0 radical (unpaired) electrons. The highest BCUT2D eigenvalue weighted by Crippen LogP contribution is 2.35. The minimum Gasteiger partial charge on any atom is -0.445 e. The number of nitrogens with one attached hydrogen (secondary N) is 1. The van der Waals surface area contributed by atoms with E-state index in [9.17, 15) is 13.2 Å². The molecule has 0 saturated carbocycles. The summed E-state index contributed by atoms with van der Waals surface area (Å²) in [6.45, 7) is 3.75. The van der Waals surface area contributed by atoms with Gasteiger partial charge < -0.3 is 13.8 Å². The molecule has 0 unspecified atom stereocenters. The minimum absolute atomic E-state index is 0.0393. The number of amides is 1. The highest BCUT2D eigenvalue weighted by molar-refractivity contribution is 7.92. The number of carbonyl (C=O) groups excluding carboxylic acids is 1. The maximum Gasteiger partial charge on any atom is 0.264 e. The van der Waals surface area contributed by atoms with Gasteiger partial charge >= 0.3 is 0 Å². The molecule has 1 N–H and O–H groups in total. The second-order valence-corrected chi connectivity index (χ2v) is 12.3. The standard InChI is InChI=1S/C32H30N4O5S/c1-20-21(2)34-41-30(20)35-42(38,39)29-11-7-6-10-28(29)27-13-12-24(31-33-14-15-40-31)18-26(27)19-36(3)32(37)25-16-22-8-4-5-9-23(22)17-25/h4-15,18,25,35H,16-17,19H2,1-3H3. The third-order valence-electron chi connectivity index (χ3n) is 7.82. The van der Waals surface area contributed by atoms with Crippen LogP contribution in [0.5, 0.6) is 0 Å². The summed E-state index contributed by atoms with van der Waals surface area (Å²) in [6, 6.07) is 20.5. The highest BCUT2D eigenvalue weighted by Gasteiger charge is 2.30. The fourth-order valence-electron chi connectivity index (χ4n) is 5.48. The topological polar surface area (TPSA) is 119 Å². The number of hydrogen-bond acceptors (Lipinski definition) is 7. The van der Waals surface area contributed by atoms with E-state index in [1.807, 2.05) is 30.3 Å². The first-order valence-electron chi connectivity index (χ1n) is 13.6. The number of fused-ring (bicyclic) bond motifs is 1. The van der Waals surface area contributed by atoms with E-state index in [-0.39, 0.29) is 29.1 Å². The highest BCUT2D eigenvalue weighted by atomic mass is 32.2. The van der Waals surface area contributed by atoms with Crippen LogP contribution in [0.1, 0.15) is 27.9 Å². The molecule has 3 aromatic carbocycles. The molecule has 10 heteroatoms. The molecule has 6 rings (SSSR count). The average Bonchev–Trinajstić information content (AvgIpc) is 3.75. The first kappa shape index (κ1) is 27.5. The van der Waals surface area contributed by atoms with Crippen molar-refractivity contribution in [1.29, 1.82) is 0 Å². The van der Waals surface area contributed by atoms with E-state index in [0.717, 1.165) is 11.1 Å². The summed E-state index contributed by atoms with van der Waals surface area (Å²) in [4.78, 5) is 19.7. The molecule has 2 heterocycles. The molecule has 0 spiro atoms. The van der Waals surface area contributed by atoms with Crippen molar-refractivity contribution in [3.8, 4) is 22.6 Å². The largest absolute Gasteiger partial charge is 0.445 e. The maximum absolute atomic E-state index is 13.6. The molecule has 1 amide bonds. The van der Waals surface area contributed by atoms with Crippen molar-refractivity contribution in [2.24, 2.45) is 5.92 Å². The summed E-state index contributed by atoms with van der Waals surface area (Å²) in [5.74, 6) is 0.403. The van der Waals surface area contributed by atoms with Crippen LogP contribution in [0.2, 0.25) is 0 Å². The predicted molar refractivity (Wildman–Crippen MR) is 158 cm³/mol. The van der Waals surface area contributed by atoms with Crippen molar-refractivity contribution in [2.45, 2.75) is 38.1 Å². The minimum atomic E-state index is -4.06. The van der Waals surface area contributed by atoms with Crippen molar-refractivity contribution >= 4 is 21.8 Å². The van der Waals surface area contributed by atoms with Gasteiger partial charge in [0.2, 0.25) is 17.7 Å². The molecule has 0 saturated heterocycles. The van der Waals surface area contributed by atoms with Gasteiger partial charge in [0.15, 0.2) is 0 Å². The van der Waals surface area contributed by atoms with Gasteiger partial charge in [-0.15, -0.1) is 0 Å². The molecule has 1 aliphatic rings. The van der Waals surface area contributed by atoms with E-state index in [1.54, 1.807) is 56.3 Å². The molecule has 0 atom stereocenters. The Labute approximate surface area is 244 Å². The molecule has 42 heavy (non-hydrogen) atoms. The number of benzene rings is 3. The number of hydrogen-bond donors (Lipinski definition) is 1. The van der Waals surface area contributed by atoms with Gasteiger partial charge in [-0.1, -0.05) is 53.7 Å². The van der Waals surface area contributed by atoms with Crippen molar-refractivity contribution < 1.29 is 22.2 Å². The van der Waals surface area contributed by atoms with E-state index in [2.05, 4.69) is 27.0 Å². The monoisotopic (exact) mass is 582 g/mol. The number of carbonyl (C=O) groups is 1. The van der Waals surface area contributed by atoms with Gasteiger partial charge in [0, 0.05) is 36.2 Å². The van der Waals surface area contributed by atoms with Gasteiger partial charge in [-0.25, -0.2) is 18.1 Å². The Hall–Kier alpha value is -4.70. The predicted octanol–water partition coefficient (Wildman–Crippen LogP) is 5.79. The lowest BCUT2D eigenvalue weighted by Gasteiger charge is -2.23. The smallest absolute Gasteiger partial charge is 0.264 e. The van der Waals surface area contributed by atoms with Crippen molar-refractivity contribution in [2.75, 3.05) is 11.8 Å². The molecule has 1 aliphatic carbocycles. The zero-order valence-corrected chi connectivity index (χ0v) is 24.3. The molecule has 0 fully saturated rings. The second kappa shape index (κ2) is 10.9. The number of anilines is 1. The van der Waals surface area contributed by atoms with E-state index in [1.165, 1.54) is 17.4 Å². The third kappa shape index (κ3) is 5.21. The summed E-state index contributed by atoms with van der Waals surface area (Å²) in [6.07, 6.45) is 4.47. The van der Waals surface area contributed by atoms with E-state index in [4.69, 9.17) is 8.94 Å². The van der Waals surface area contributed by atoms with E-state index >= 15 is 0 Å². The SMILES string of the molecule is Cc1noc(NS(=O)(=O)c2ccccc2-c2ccc(-c3ncco3)cc2CN(C)C(=O)C2Cc3ccccc3C2)c1C. The Kier molecular flexibility index (Phi) is 7.16. The normalized spacial score (nSPS) is 13.2. The zero-order chi connectivity index (χ0) is 29.4. The lowest BCUT2D eigenvalue weighted by atomic mass is 9.96. The zero-order valence-electron chi connectivity index (χ0n) is 23.5. The quantitative estimate of drug-likeness (QED) is 0.246. The van der Waals surface area contributed by atoms with Crippen LogP contribution in [0, 0.1) is 19.8 Å². The van der Waals surface area contributed by atoms with Gasteiger partial charge in [-0.2, -0.15) is 0 Å². The summed E-state index contributed by atoms with van der Waals surface area (Å²) in [5.41, 5.74) is 6.27. The molecule has 2 aromatic heterocycles. The van der Waals surface area contributed by atoms with Gasteiger partial charge in [-0.3, -0.25) is 4.79 Å².